The molecule has 0 radical (unpaired) electrons. The lowest BCUT2D eigenvalue weighted by Gasteiger charge is -2.41. The van der Waals surface area contributed by atoms with E-state index in [4.69, 9.17) is 4.74 Å². The highest BCUT2D eigenvalue weighted by molar-refractivity contribution is 6.06. The second-order valence-electron chi connectivity index (χ2n) is 5.54. The quantitative estimate of drug-likeness (QED) is 0.766. The second-order valence-corrected chi connectivity index (χ2v) is 5.54. The van der Waals surface area contributed by atoms with Crippen LogP contribution in [0.25, 0.3) is 5.57 Å². The molecule has 0 fully saturated rings. The number of allylic oxidation sites excluding steroid dienone is 2. The summed E-state index contributed by atoms with van der Waals surface area (Å²) in [6.07, 6.45) is 5.49. The fourth-order valence-corrected chi connectivity index (χ4v) is 2.76. The molecule has 3 nitrogen and oxygen atoms in total. The molecule has 0 atom stereocenters. The summed E-state index contributed by atoms with van der Waals surface area (Å²) in [6, 6.07) is 5.82. The van der Waals surface area contributed by atoms with E-state index in [1.54, 1.807) is 19.3 Å². The van der Waals surface area contributed by atoms with Crippen LogP contribution in [0.3, 0.4) is 0 Å². The van der Waals surface area contributed by atoms with Gasteiger partial charge in [-0.25, -0.2) is 0 Å². The van der Waals surface area contributed by atoms with Crippen LogP contribution >= 0.6 is 0 Å². The number of carbonyl (C=O) groups excluding carboxylic acids is 1. The molecule has 1 aromatic carbocycles. The van der Waals surface area contributed by atoms with Crippen LogP contribution in [0.4, 0.5) is 5.69 Å². The van der Waals surface area contributed by atoms with Gasteiger partial charge in [-0.1, -0.05) is 12.2 Å². The highest BCUT2D eigenvalue weighted by Gasteiger charge is 2.34. The zero-order valence-corrected chi connectivity index (χ0v) is 12.7. The van der Waals surface area contributed by atoms with Gasteiger partial charge in [0.05, 0.1) is 18.3 Å². The third kappa shape index (κ3) is 2.36. The number of rotatable bonds is 2. The molecule has 0 unspecified atom stereocenters. The minimum atomic E-state index is -0.345. The van der Waals surface area contributed by atoms with Crippen LogP contribution in [-0.2, 0) is 4.79 Å². The Morgan fingerprint density at radius 2 is 2.05 bits per heavy atom. The van der Waals surface area contributed by atoms with Gasteiger partial charge in [-0.15, -0.1) is 0 Å². The topological polar surface area (TPSA) is 29.5 Å². The summed E-state index contributed by atoms with van der Waals surface area (Å²) in [5, 5.41) is 0. The zero-order chi connectivity index (χ0) is 14.9. The van der Waals surface area contributed by atoms with Crippen LogP contribution in [0, 0.1) is 0 Å². The number of ether oxygens (including phenoxy) is 1. The summed E-state index contributed by atoms with van der Waals surface area (Å²) in [6.45, 7) is 8.01. The van der Waals surface area contributed by atoms with Gasteiger partial charge < -0.3 is 4.74 Å². The molecule has 1 aliphatic rings. The molecule has 1 aromatic rings. The molecule has 3 heteroatoms. The molecule has 0 saturated heterocycles. The van der Waals surface area contributed by atoms with Crippen molar-refractivity contribution >= 4 is 17.2 Å². The number of carbonyl (C=O) groups is 1. The maximum atomic E-state index is 12.4. The first-order chi connectivity index (χ1) is 9.40. The number of anilines is 1. The molecule has 1 aliphatic heterocycles. The van der Waals surface area contributed by atoms with Crippen molar-refractivity contribution in [3.05, 3.63) is 42.0 Å². The van der Waals surface area contributed by atoms with E-state index in [1.165, 1.54) is 0 Å². The van der Waals surface area contributed by atoms with Gasteiger partial charge >= 0.3 is 0 Å². The summed E-state index contributed by atoms with van der Waals surface area (Å²) in [5.74, 6) is 0.794. The molecule has 106 valence electrons. The van der Waals surface area contributed by atoms with E-state index in [2.05, 4.69) is 13.0 Å². The summed E-state index contributed by atoms with van der Waals surface area (Å²) in [5.41, 5.74) is 2.79. The van der Waals surface area contributed by atoms with E-state index in [-0.39, 0.29) is 11.4 Å². The number of amides is 1. The van der Waals surface area contributed by atoms with E-state index in [0.29, 0.717) is 0 Å². The summed E-state index contributed by atoms with van der Waals surface area (Å²) < 4.78 is 5.28. The molecular weight excluding hydrogens is 250 g/mol. The van der Waals surface area contributed by atoms with Crippen LogP contribution in [-0.4, -0.2) is 18.6 Å². The maximum absolute atomic E-state index is 12.4. The highest BCUT2D eigenvalue weighted by Crippen LogP contribution is 2.40. The van der Waals surface area contributed by atoms with E-state index in [0.717, 1.165) is 22.6 Å². The Morgan fingerprint density at radius 1 is 1.35 bits per heavy atom. The summed E-state index contributed by atoms with van der Waals surface area (Å²) >= 11 is 0. The van der Waals surface area contributed by atoms with E-state index in [9.17, 15) is 4.79 Å². The predicted molar refractivity (Wildman–Crippen MR) is 83.0 cm³/mol. The SMILES string of the molecule is C/C=C/C(=O)N1c2ccc(OC)cc2C(C)=CC1(C)C. The number of fused-ring (bicyclic) bond motifs is 1. The van der Waals surface area contributed by atoms with Gasteiger partial charge in [-0.05, 0) is 57.5 Å². The first-order valence-electron chi connectivity index (χ1n) is 6.75. The third-order valence-electron chi connectivity index (χ3n) is 3.55. The Kier molecular flexibility index (Phi) is 3.71. The van der Waals surface area contributed by atoms with Crippen LogP contribution in [0.2, 0.25) is 0 Å². The van der Waals surface area contributed by atoms with Gasteiger partial charge in [0.15, 0.2) is 0 Å². The van der Waals surface area contributed by atoms with Gasteiger partial charge in [0.25, 0.3) is 5.91 Å². The van der Waals surface area contributed by atoms with Gasteiger partial charge in [0.1, 0.15) is 5.75 Å². The molecule has 0 saturated carbocycles. The number of methoxy groups -OCH3 is 1. The molecule has 1 amide bonds. The van der Waals surface area contributed by atoms with E-state index < -0.39 is 0 Å². The van der Waals surface area contributed by atoms with Crippen molar-refractivity contribution in [3.63, 3.8) is 0 Å². The minimum Gasteiger partial charge on any atom is -0.497 e. The highest BCUT2D eigenvalue weighted by atomic mass is 16.5. The number of hydrogen-bond donors (Lipinski definition) is 0. The van der Waals surface area contributed by atoms with Crippen molar-refractivity contribution in [2.75, 3.05) is 12.0 Å². The van der Waals surface area contributed by atoms with Crippen molar-refractivity contribution in [1.29, 1.82) is 0 Å². The van der Waals surface area contributed by atoms with Gasteiger partial charge in [0.2, 0.25) is 0 Å². The zero-order valence-electron chi connectivity index (χ0n) is 12.7. The first-order valence-corrected chi connectivity index (χ1v) is 6.75. The van der Waals surface area contributed by atoms with Gasteiger partial charge in [0, 0.05) is 5.56 Å². The molecule has 0 N–H and O–H groups in total. The Hall–Kier alpha value is -2.03. The van der Waals surface area contributed by atoms with Crippen LogP contribution in [0.15, 0.2) is 36.4 Å². The summed E-state index contributed by atoms with van der Waals surface area (Å²) in [7, 11) is 1.65. The average molecular weight is 271 g/mol. The fraction of sp³-hybridized carbons (Fsp3) is 0.353. The maximum Gasteiger partial charge on any atom is 0.251 e. The van der Waals surface area contributed by atoms with Gasteiger partial charge in [-0.2, -0.15) is 0 Å². The Bertz CT molecular complexity index is 597. The van der Waals surface area contributed by atoms with Crippen molar-refractivity contribution in [1.82, 2.24) is 0 Å². The van der Waals surface area contributed by atoms with Crippen molar-refractivity contribution in [2.45, 2.75) is 33.2 Å². The number of hydrogen-bond acceptors (Lipinski definition) is 2. The van der Waals surface area contributed by atoms with Crippen molar-refractivity contribution in [3.8, 4) is 5.75 Å². The third-order valence-corrected chi connectivity index (χ3v) is 3.55. The molecule has 1 heterocycles. The predicted octanol–water partition coefficient (Wildman–Crippen LogP) is 3.80. The first kappa shape index (κ1) is 14.4. The standard InChI is InChI=1S/C17H21NO2/c1-6-7-16(19)18-15-9-8-13(20-5)10-14(15)12(2)11-17(18,3)4/h6-11H,1-5H3/b7-6+. The normalized spacial score (nSPS) is 16.9. The van der Waals surface area contributed by atoms with Crippen molar-refractivity contribution in [2.24, 2.45) is 0 Å². The van der Waals surface area contributed by atoms with E-state index >= 15 is 0 Å². The van der Waals surface area contributed by atoms with Crippen LogP contribution < -0.4 is 9.64 Å². The van der Waals surface area contributed by atoms with Gasteiger partial charge in [-0.3, -0.25) is 9.69 Å². The van der Waals surface area contributed by atoms with Crippen molar-refractivity contribution < 1.29 is 9.53 Å². The molecule has 0 bridgehead atoms. The lowest BCUT2D eigenvalue weighted by molar-refractivity contribution is -0.114. The molecule has 0 aromatic heterocycles. The molecule has 0 spiro atoms. The Morgan fingerprint density at radius 3 is 2.65 bits per heavy atom. The molecule has 0 aliphatic carbocycles. The average Bonchev–Trinajstić information content (AvgIpc) is 2.37. The lowest BCUT2D eigenvalue weighted by Crippen LogP contribution is -2.48. The second kappa shape index (κ2) is 5.16. The van der Waals surface area contributed by atoms with Crippen LogP contribution in [0.5, 0.6) is 5.75 Å². The molecule has 20 heavy (non-hydrogen) atoms. The molecule has 2 rings (SSSR count). The lowest BCUT2D eigenvalue weighted by atomic mass is 9.88. The fourth-order valence-electron chi connectivity index (χ4n) is 2.76. The number of benzene rings is 1. The molecular formula is C17H21NO2. The minimum absolute atomic E-state index is 0.00679. The largest absolute Gasteiger partial charge is 0.497 e. The van der Waals surface area contributed by atoms with E-state index in [1.807, 2.05) is 43.9 Å². The Labute approximate surface area is 120 Å². The monoisotopic (exact) mass is 271 g/mol. The number of nitrogens with zero attached hydrogens (tertiary/aromatic N) is 1. The summed E-state index contributed by atoms with van der Waals surface area (Å²) in [4.78, 5) is 14.2. The Balaban J connectivity index is 2.62. The van der Waals surface area contributed by atoms with Crippen LogP contribution in [0.1, 0.15) is 33.3 Å². The smallest absolute Gasteiger partial charge is 0.251 e.